The van der Waals surface area contributed by atoms with Crippen LogP contribution >= 0.6 is 23.2 Å². The van der Waals surface area contributed by atoms with Crippen molar-refractivity contribution in [2.24, 2.45) is 0 Å². The molecule has 2 fully saturated rings. The third-order valence-electron chi connectivity index (χ3n) is 6.90. The van der Waals surface area contributed by atoms with Gasteiger partial charge in [0.15, 0.2) is 0 Å². The summed E-state index contributed by atoms with van der Waals surface area (Å²) in [6.45, 7) is 5.11. The van der Waals surface area contributed by atoms with Crippen LogP contribution in [-0.2, 0) is 19.1 Å². The molecule has 2 aliphatic rings. The summed E-state index contributed by atoms with van der Waals surface area (Å²) in [4.78, 5) is 56.8. The van der Waals surface area contributed by atoms with Gasteiger partial charge in [0, 0.05) is 36.1 Å². The number of hydrogen-bond acceptors (Lipinski definition) is 7. The Hall–Kier alpha value is -3.65. The predicted octanol–water partition coefficient (Wildman–Crippen LogP) is 3.56. The number of benzene rings is 2. The van der Waals surface area contributed by atoms with E-state index in [1.807, 2.05) is 0 Å². The smallest absolute Gasteiger partial charge is 0.332 e. The number of esters is 1. The highest BCUT2D eigenvalue weighted by Crippen LogP contribution is 2.46. The van der Waals surface area contributed by atoms with E-state index in [0.717, 1.165) is 10.5 Å². The lowest BCUT2D eigenvalue weighted by Gasteiger charge is -2.34. The second kappa shape index (κ2) is 11.1. The summed E-state index contributed by atoms with van der Waals surface area (Å²) in [7, 11) is 1.55. The Morgan fingerprint density at radius 3 is 2.33 bits per heavy atom. The van der Waals surface area contributed by atoms with Crippen LogP contribution in [0.1, 0.15) is 37.8 Å². The topological polar surface area (TPSA) is 123 Å². The molecule has 2 saturated heterocycles. The summed E-state index contributed by atoms with van der Waals surface area (Å²) >= 11 is 12.3. The van der Waals surface area contributed by atoms with E-state index < -0.39 is 40.9 Å². The van der Waals surface area contributed by atoms with Crippen molar-refractivity contribution in [3.8, 4) is 6.07 Å². The number of hydrogen-bond donors (Lipinski definition) is 1. The highest BCUT2D eigenvalue weighted by molar-refractivity contribution is 6.35. The van der Waals surface area contributed by atoms with Crippen LogP contribution in [0.15, 0.2) is 42.5 Å². The summed E-state index contributed by atoms with van der Waals surface area (Å²) in [5.74, 6) is -2.01. The van der Waals surface area contributed by atoms with Crippen LogP contribution in [0.3, 0.4) is 0 Å². The minimum absolute atomic E-state index is 0.0589. The van der Waals surface area contributed by atoms with Gasteiger partial charge in [0.05, 0.1) is 23.9 Å². The van der Waals surface area contributed by atoms with Gasteiger partial charge >= 0.3 is 12.0 Å². The normalized spacial score (nSPS) is 21.2. The summed E-state index contributed by atoms with van der Waals surface area (Å²) in [6.07, 6.45) is 0. The maximum atomic E-state index is 14.2. The van der Waals surface area contributed by atoms with Gasteiger partial charge in [-0.05, 0) is 56.7 Å². The van der Waals surface area contributed by atoms with Crippen molar-refractivity contribution in [3.05, 3.63) is 63.6 Å². The first-order valence-corrected chi connectivity index (χ1v) is 13.3. The highest BCUT2D eigenvalue weighted by Gasteiger charge is 2.64. The van der Waals surface area contributed by atoms with Crippen LogP contribution in [0.4, 0.5) is 10.5 Å². The lowest BCUT2D eigenvalue weighted by atomic mass is 9.80. The number of nitriles is 1. The number of nitrogens with zero attached hydrogens (tertiary/aromatic N) is 4. The third kappa shape index (κ3) is 5.77. The zero-order valence-electron chi connectivity index (χ0n) is 22.5. The zero-order valence-corrected chi connectivity index (χ0v) is 24.0. The molecule has 0 radical (unpaired) electrons. The minimum Gasteiger partial charge on any atom is -0.459 e. The number of halogens is 2. The molecule has 40 heavy (non-hydrogen) atoms. The van der Waals surface area contributed by atoms with Gasteiger partial charge in [-0.25, -0.2) is 9.69 Å². The first kappa shape index (κ1) is 29.3. The van der Waals surface area contributed by atoms with Gasteiger partial charge in [-0.15, -0.1) is 0 Å². The number of rotatable bonds is 6. The summed E-state index contributed by atoms with van der Waals surface area (Å²) in [6, 6.07) is 12.8. The Kier molecular flexibility index (Phi) is 8.13. The van der Waals surface area contributed by atoms with Crippen LogP contribution < -0.4 is 10.2 Å². The molecule has 2 aromatic carbocycles. The number of imide groups is 1. The van der Waals surface area contributed by atoms with E-state index in [1.54, 1.807) is 57.0 Å². The van der Waals surface area contributed by atoms with Crippen LogP contribution in [0.2, 0.25) is 10.0 Å². The van der Waals surface area contributed by atoms with E-state index in [2.05, 4.69) is 11.4 Å². The van der Waals surface area contributed by atoms with Gasteiger partial charge in [0.1, 0.15) is 17.7 Å². The van der Waals surface area contributed by atoms with Crippen LogP contribution in [0, 0.1) is 11.3 Å². The maximum absolute atomic E-state index is 14.2. The number of anilines is 1. The van der Waals surface area contributed by atoms with Crippen molar-refractivity contribution < 1.29 is 23.9 Å². The second-order valence-corrected chi connectivity index (χ2v) is 11.7. The van der Waals surface area contributed by atoms with Crippen molar-refractivity contribution in [2.45, 2.75) is 37.8 Å². The van der Waals surface area contributed by atoms with Crippen molar-refractivity contribution in [1.29, 1.82) is 5.26 Å². The Bertz CT molecular complexity index is 1380. The number of ether oxygens (including phenoxy) is 1. The molecule has 12 heteroatoms. The first-order chi connectivity index (χ1) is 18.7. The van der Waals surface area contributed by atoms with Gasteiger partial charge in [-0.3, -0.25) is 19.3 Å². The van der Waals surface area contributed by atoms with Crippen molar-refractivity contribution in [2.75, 3.05) is 38.1 Å². The van der Waals surface area contributed by atoms with E-state index in [1.165, 1.54) is 23.1 Å². The van der Waals surface area contributed by atoms with Crippen LogP contribution in [0.25, 0.3) is 0 Å². The highest BCUT2D eigenvalue weighted by atomic mass is 35.5. The largest absolute Gasteiger partial charge is 0.459 e. The number of carbonyl (C=O) groups excluding carboxylic acids is 4. The average Bonchev–Trinajstić information content (AvgIpc) is 3.33. The van der Waals surface area contributed by atoms with Crippen molar-refractivity contribution in [1.82, 2.24) is 15.1 Å². The van der Waals surface area contributed by atoms with E-state index >= 15 is 0 Å². The lowest BCUT2D eigenvalue weighted by Crippen LogP contribution is -2.54. The molecular formula is C28H29Cl2N5O5. The lowest BCUT2D eigenvalue weighted by molar-refractivity contribution is -0.154. The minimum atomic E-state index is -1.36. The number of nitrogens with one attached hydrogen (secondary N) is 1. The number of urea groups is 1. The number of amides is 4. The average molecular weight is 586 g/mol. The van der Waals surface area contributed by atoms with Crippen molar-refractivity contribution >= 4 is 52.7 Å². The van der Waals surface area contributed by atoms with E-state index in [9.17, 15) is 24.4 Å². The van der Waals surface area contributed by atoms with Gasteiger partial charge < -0.3 is 15.0 Å². The Morgan fingerprint density at radius 2 is 1.75 bits per heavy atom. The monoisotopic (exact) mass is 585 g/mol. The predicted molar refractivity (Wildman–Crippen MR) is 149 cm³/mol. The van der Waals surface area contributed by atoms with E-state index in [4.69, 9.17) is 27.9 Å². The van der Waals surface area contributed by atoms with Gasteiger partial charge in [-0.1, -0.05) is 35.3 Å². The first-order valence-electron chi connectivity index (χ1n) is 12.5. The van der Waals surface area contributed by atoms with E-state index in [0.29, 0.717) is 5.56 Å². The quantitative estimate of drug-likeness (QED) is 0.406. The summed E-state index contributed by atoms with van der Waals surface area (Å²) < 4.78 is 5.24. The van der Waals surface area contributed by atoms with Crippen LogP contribution in [0.5, 0.6) is 0 Å². The second-order valence-electron chi connectivity index (χ2n) is 10.9. The maximum Gasteiger partial charge on any atom is 0.332 e. The molecule has 0 bridgehead atoms. The molecule has 2 aromatic rings. The fraction of sp³-hybridized carbons (Fsp3) is 0.393. The molecule has 2 atom stereocenters. The van der Waals surface area contributed by atoms with Gasteiger partial charge in [0.2, 0.25) is 5.91 Å². The third-order valence-corrected chi connectivity index (χ3v) is 7.33. The Balaban J connectivity index is 1.64. The standard InChI is InChI=1S/C28H29Cl2N5O5/c1-27(2,3)40-24(37)13-32-23(36)15-34-14-22(18-7-5-17(12-31)6-8-18)28(16-34)25(38)35(26(39)33(28)4)21-10-19(29)9-20(30)11-21/h5-11,22H,13-16H2,1-4H3,(H,32,36)/t22-,28+/m0/s1. The molecule has 2 aliphatic heterocycles. The fourth-order valence-corrected chi connectivity index (χ4v) is 5.74. The SMILES string of the molecule is CN1C(=O)N(c2cc(Cl)cc(Cl)c2)C(=O)[C@]12CN(CC(=O)NCC(=O)OC(C)(C)C)C[C@H]2c1ccc(C#N)cc1. The van der Waals surface area contributed by atoms with E-state index in [-0.39, 0.29) is 41.9 Å². The molecule has 1 spiro atoms. The Labute approximate surface area is 242 Å². The summed E-state index contributed by atoms with van der Waals surface area (Å²) in [5, 5.41) is 12.3. The molecule has 4 amide bonds. The Morgan fingerprint density at radius 1 is 1.12 bits per heavy atom. The molecule has 0 aliphatic carbocycles. The molecule has 210 valence electrons. The van der Waals surface area contributed by atoms with Gasteiger partial charge in [-0.2, -0.15) is 5.26 Å². The zero-order chi connectivity index (χ0) is 29.4. The van der Waals surface area contributed by atoms with Crippen molar-refractivity contribution in [3.63, 3.8) is 0 Å². The number of carbonyl (C=O) groups is 4. The molecular weight excluding hydrogens is 557 g/mol. The summed E-state index contributed by atoms with van der Waals surface area (Å²) in [5.41, 5.74) is -0.619. The number of likely N-dealkylation sites (N-methyl/N-ethyl adjacent to an activating group) is 1. The van der Waals surface area contributed by atoms with Crippen LogP contribution in [-0.4, -0.2) is 78.0 Å². The number of likely N-dealkylation sites (tertiary alicyclic amines) is 1. The van der Waals surface area contributed by atoms with Gasteiger partial charge in [0.25, 0.3) is 5.91 Å². The molecule has 0 saturated carbocycles. The fourth-order valence-electron chi connectivity index (χ4n) is 5.22. The molecule has 10 nitrogen and oxygen atoms in total. The molecule has 0 unspecified atom stereocenters. The molecule has 1 N–H and O–H groups in total. The molecule has 2 heterocycles. The molecule has 4 rings (SSSR count). The molecule has 0 aromatic heterocycles.